The van der Waals surface area contributed by atoms with Gasteiger partial charge in [0.05, 0.1) is 24.1 Å². The fourth-order valence-corrected chi connectivity index (χ4v) is 3.46. The normalized spacial score (nSPS) is 19.8. The molecule has 26 heavy (non-hydrogen) atoms. The van der Waals surface area contributed by atoms with Crippen LogP contribution in [0.25, 0.3) is 0 Å². The first-order valence-electron chi connectivity index (χ1n) is 8.99. The Hall–Kier alpha value is -2.20. The van der Waals surface area contributed by atoms with Crippen molar-refractivity contribution in [2.24, 2.45) is 11.8 Å². The van der Waals surface area contributed by atoms with Crippen LogP contribution in [0.15, 0.2) is 54.6 Å². The number of benzene rings is 2. The number of amidine groups is 1. The summed E-state index contributed by atoms with van der Waals surface area (Å²) >= 11 is 6.20. The second-order valence-corrected chi connectivity index (χ2v) is 7.11. The number of likely N-dealkylation sites (tertiary alicyclic amines) is 1. The SMILES string of the molecule is CC(=N)N1CCC(COc2ccccc2)C(COc2ccccc2Cl)C1. The molecule has 138 valence electrons. The predicted molar refractivity (Wildman–Crippen MR) is 105 cm³/mol. The highest BCUT2D eigenvalue weighted by molar-refractivity contribution is 6.32. The zero-order chi connectivity index (χ0) is 18.4. The highest BCUT2D eigenvalue weighted by atomic mass is 35.5. The number of piperidine rings is 1. The molecule has 2 atom stereocenters. The quantitative estimate of drug-likeness (QED) is 0.588. The van der Waals surface area contributed by atoms with Gasteiger partial charge in [-0.3, -0.25) is 5.41 Å². The van der Waals surface area contributed by atoms with Gasteiger partial charge >= 0.3 is 0 Å². The zero-order valence-corrected chi connectivity index (χ0v) is 15.8. The van der Waals surface area contributed by atoms with Gasteiger partial charge in [-0.2, -0.15) is 0 Å². The van der Waals surface area contributed by atoms with Crippen molar-refractivity contribution in [3.8, 4) is 11.5 Å². The van der Waals surface area contributed by atoms with Crippen molar-refractivity contribution in [2.45, 2.75) is 13.3 Å². The molecule has 1 heterocycles. The molecule has 3 rings (SSSR count). The third-order valence-electron chi connectivity index (χ3n) is 4.86. The van der Waals surface area contributed by atoms with Crippen LogP contribution in [0.5, 0.6) is 11.5 Å². The summed E-state index contributed by atoms with van der Waals surface area (Å²) in [5, 5.41) is 8.57. The number of hydrogen-bond donors (Lipinski definition) is 1. The van der Waals surface area contributed by atoms with Crippen molar-refractivity contribution in [1.29, 1.82) is 5.41 Å². The van der Waals surface area contributed by atoms with Crippen LogP contribution in [0.4, 0.5) is 0 Å². The number of hydrogen-bond acceptors (Lipinski definition) is 3. The number of nitrogens with one attached hydrogen (secondary N) is 1. The summed E-state index contributed by atoms with van der Waals surface area (Å²) in [7, 11) is 0. The fourth-order valence-electron chi connectivity index (χ4n) is 3.27. The molecule has 0 saturated carbocycles. The molecule has 5 heteroatoms. The molecule has 0 bridgehead atoms. The molecule has 0 radical (unpaired) electrons. The molecule has 1 aliphatic rings. The highest BCUT2D eigenvalue weighted by Gasteiger charge is 2.31. The lowest BCUT2D eigenvalue weighted by Crippen LogP contribution is -2.46. The first kappa shape index (κ1) is 18.6. The van der Waals surface area contributed by atoms with Crippen molar-refractivity contribution in [1.82, 2.24) is 4.90 Å². The monoisotopic (exact) mass is 372 g/mol. The first-order valence-corrected chi connectivity index (χ1v) is 9.36. The van der Waals surface area contributed by atoms with Crippen LogP contribution >= 0.6 is 11.6 Å². The Morgan fingerprint density at radius 2 is 1.73 bits per heavy atom. The Labute approximate surface area is 160 Å². The molecule has 2 aromatic carbocycles. The second-order valence-electron chi connectivity index (χ2n) is 6.71. The molecule has 4 nitrogen and oxygen atoms in total. The Morgan fingerprint density at radius 3 is 2.46 bits per heavy atom. The van der Waals surface area contributed by atoms with Crippen molar-refractivity contribution in [3.63, 3.8) is 0 Å². The summed E-state index contributed by atoms with van der Waals surface area (Å²) in [6.45, 7) is 4.76. The average molecular weight is 373 g/mol. The van der Waals surface area contributed by atoms with E-state index in [-0.39, 0.29) is 5.92 Å². The van der Waals surface area contributed by atoms with E-state index >= 15 is 0 Å². The molecule has 0 aliphatic carbocycles. The van der Waals surface area contributed by atoms with E-state index in [1.807, 2.05) is 61.5 Å². The second kappa shape index (κ2) is 8.95. The van der Waals surface area contributed by atoms with E-state index in [2.05, 4.69) is 4.90 Å². The van der Waals surface area contributed by atoms with E-state index in [0.29, 0.717) is 35.7 Å². The summed E-state index contributed by atoms with van der Waals surface area (Å²) in [5.74, 6) is 2.87. The number of para-hydroxylation sites is 2. The number of nitrogens with zero attached hydrogens (tertiary/aromatic N) is 1. The Bertz CT molecular complexity index is 723. The van der Waals surface area contributed by atoms with Gasteiger partial charge in [0.25, 0.3) is 0 Å². The number of ether oxygens (including phenoxy) is 2. The third-order valence-corrected chi connectivity index (χ3v) is 5.17. The fraction of sp³-hybridized carbons (Fsp3) is 0.381. The summed E-state index contributed by atoms with van der Waals surface area (Å²) in [6.07, 6.45) is 0.986. The van der Waals surface area contributed by atoms with Crippen molar-refractivity contribution in [3.05, 3.63) is 59.6 Å². The topological polar surface area (TPSA) is 45.6 Å². The van der Waals surface area contributed by atoms with Gasteiger partial charge in [-0.05, 0) is 37.6 Å². The standard InChI is InChI=1S/C21H25ClN2O2/c1-16(23)24-12-11-17(14-25-19-7-3-2-4-8-19)18(13-24)15-26-21-10-6-5-9-20(21)22/h2-10,17-18,23H,11-15H2,1H3. The van der Waals surface area contributed by atoms with Gasteiger partial charge in [-0.25, -0.2) is 0 Å². The van der Waals surface area contributed by atoms with Gasteiger partial charge < -0.3 is 14.4 Å². The molecule has 0 spiro atoms. The average Bonchev–Trinajstić information content (AvgIpc) is 2.66. The number of halogens is 1. The lowest BCUT2D eigenvalue weighted by atomic mass is 9.86. The van der Waals surface area contributed by atoms with Crippen LogP contribution < -0.4 is 9.47 Å². The van der Waals surface area contributed by atoms with E-state index in [4.69, 9.17) is 26.5 Å². The van der Waals surface area contributed by atoms with E-state index in [9.17, 15) is 0 Å². The minimum absolute atomic E-state index is 0.282. The van der Waals surface area contributed by atoms with E-state index in [0.717, 1.165) is 25.3 Å². The van der Waals surface area contributed by atoms with Crippen LogP contribution in [-0.4, -0.2) is 37.0 Å². The summed E-state index contributed by atoms with van der Waals surface area (Å²) in [5.41, 5.74) is 0. The van der Waals surface area contributed by atoms with Crippen LogP contribution in [0.1, 0.15) is 13.3 Å². The maximum absolute atomic E-state index is 7.94. The van der Waals surface area contributed by atoms with Crippen molar-refractivity contribution >= 4 is 17.4 Å². The molecule has 2 unspecified atom stereocenters. The van der Waals surface area contributed by atoms with Gasteiger partial charge in [0.15, 0.2) is 0 Å². The van der Waals surface area contributed by atoms with Gasteiger partial charge in [-0.1, -0.05) is 41.9 Å². The third kappa shape index (κ3) is 4.92. The van der Waals surface area contributed by atoms with Gasteiger partial charge in [0.1, 0.15) is 11.5 Å². The lowest BCUT2D eigenvalue weighted by molar-refractivity contribution is 0.0814. The highest BCUT2D eigenvalue weighted by Crippen LogP contribution is 2.28. The molecule has 0 amide bonds. The molecule has 1 fully saturated rings. The molecule has 1 aliphatic heterocycles. The Morgan fingerprint density at radius 1 is 1.04 bits per heavy atom. The van der Waals surface area contributed by atoms with Crippen molar-refractivity contribution < 1.29 is 9.47 Å². The van der Waals surface area contributed by atoms with Crippen LogP contribution in [0.3, 0.4) is 0 Å². The van der Waals surface area contributed by atoms with E-state index < -0.39 is 0 Å². The molecule has 1 saturated heterocycles. The summed E-state index contributed by atoms with van der Waals surface area (Å²) < 4.78 is 12.0. The van der Waals surface area contributed by atoms with Gasteiger partial charge in [0.2, 0.25) is 0 Å². The minimum Gasteiger partial charge on any atom is -0.493 e. The minimum atomic E-state index is 0.282. The molecular weight excluding hydrogens is 348 g/mol. The molecule has 0 aromatic heterocycles. The first-order chi connectivity index (χ1) is 12.6. The molecule has 2 aromatic rings. The van der Waals surface area contributed by atoms with Crippen LogP contribution in [0, 0.1) is 17.2 Å². The van der Waals surface area contributed by atoms with Gasteiger partial charge in [0, 0.05) is 24.9 Å². The maximum Gasteiger partial charge on any atom is 0.137 e. The van der Waals surface area contributed by atoms with E-state index in [1.165, 1.54) is 0 Å². The largest absolute Gasteiger partial charge is 0.493 e. The Kier molecular flexibility index (Phi) is 6.40. The maximum atomic E-state index is 7.94. The zero-order valence-electron chi connectivity index (χ0n) is 15.0. The lowest BCUT2D eigenvalue weighted by Gasteiger charge is -2.39. The summed E-state index contributed by atoms with van der Waals surface area (Å²) in [4.78, 5) is 2.11. The predicted octanol–water partition coefficient (Wildman–Crippen LogP) is 4.73. The van der Waals surface area contributed by atoms with E-state index in [1.54, 1.807) is 0 Å². The van der Waals surface area contributed by atoms with Gasteiger partial charge in [-0.15, -0.1) is 0 Å². The van der Waals surface area contributed by atoms with Crippen LogP contribution in [0.2, 0.25) is 5.02 Å². The molecular formula is C21H25ClN2O2. The number of rotatable bonds is 6. The smallest absolute Gasteiger partial charge is 0.137 e. The summed E-state index contributed by atoms with van der Waals surface area (Å²) in [6, 6.07) is 17.4. The van der Waals surface area contributed by atoms with Crippen LogP contribution in [-0.2, 0) is 0 Å². The van der Waals surface area contributed by atoms with Crippen molar-refractivity contribution in [2.75, 3.05) is 26.3 Å². The molecule has 1 N–H and O–H groups in total. The Balaban J connectivity index is 1.63.